The van der Waals surface area contributed by atoms with E-state index in [-0.39, 0.29) is 5.69 Å². The molecule has 1 rings (SSSR count). The van der Waals surface area contributed by atoms with Crippen LogP contribution in [0.15, 0.2) is 18.2 Å². The fourth-order valence-corrected chi connectivity index (χ4v) is 1.31. The third-order valence-corrected chi connectivity index (χ3v) is 2.20. The Labute approximate surface area is 98.8 Å². The van der Waals surface area contributed by atoms with Crippen LogP contribution < -0.4 is 5.32 Å². The minimum Gasteiger partial charge on any atom is -0.364 e. The van der Waals surface area contributed by atoms with E-state index in [9.17, 15) is 10.1 Å². The standard InChI is InChI=1S/C11H11ClN2O2/c1-4-11(2,3)13-9-7-8(12)5-6-10(9)14(15)16/h1,5-7,13H,2-3H3. The van der Waals surface area contributed by atoms with Crippen LogP contribution in [0.25, 0.3) is 0 Å². The van der Waals surface area contributed by atoms with Crippen LogP contribution in [0, 0.1) is 22.5 Å². The van der Waals surface area contributed by atoms with Gasteiger partial charge in [-0.15, -0.1) is 6.42 Å². The molecule has 0 aromatic heterocycles. The van der Waals surface area contributed by atoms with E-state index in [0.29, 0.717) is 10.7 Å². The Bertz CT molecular complexity index is 464. The lowest BCUT2D eigenvalue weighted by Gasteiger charge is -2.20. The smallest absolute Gasteiger partial charge is 0.292 e. The predicted molar refractivity (Wildman–Crippen MR) is 64.6 cm³/mol. The summed E-state index contributed by atoms with van der Waals surface area (Å²) in [5.74, 6) is 2.50. The predicted octanol–water partition coefficient (Wildman–Crippen LogP) is 3.07. The van der Waals surface area contributed by atoms with Gasteiger partial charge in [0, 0.05) is 11.1 Å². The third kappa shape index (κ3) is 2.88. The van der Waals surface area contributed by atoms with Crippen molar-refractivity contribution in [2.75, 3.05) is 5.32 Å². The molecule has 0 bridgehead atoms. The number of anilines is 1. The highest BCUT2D eigenvalue weighted by atomic mass is 35.5. The van der Waals surface area contributed by atoms with Gasteiger partial charge in [-0.1, -0.05) is 17.5 Å². The molecule has 0 saturated carbocycles. The van der Waals surface area contributed by atoms with Crippen LogP contribution >= 0.6 is 11.6 Å². The Morgan fingerprint density at radius 3 is 2.69 bits per heavy atom. The molecule has 0 aliphatic rings. The highest BCUT2D eigenvalue weighted by molar-refractivity contribution is 6.31. The molecule has 4 nitrogen and oxygen atoms in total. The molecule has 16 heavy (non-hydrogen) atoms. The Morgan fingerprint density at radius 2 is 2.19 bits per heavy atom. The molecule has 0 unspecified atom stereocenters. The van der Waals surface area contributed by atoms with Gasteiger partial charge in [0.1, 0.15) is 5.69 Å². The van der Waals surface area contributed by atoms with E-state index >= 15 is 0 Å². The maximum atomic E-state index is 10.8. The summed E-state index contributed by atoms with van der Waals surface area (Å²) >= 11 is 5.78. The number of hydrogen-bond donors (Lipinski definition) is 1. The highest BCUT2D eigenvalue weighted by Gasteiger charge is 2.20. The molecule has 0 saturated heterocycles. The van der Waals surface area contributed by atoms with Crippen LogP contribution in [0.1, 0.15) is 13.8 Å². The van der Waals surface area contributed by atoms with E-state index in [0.717, 1.165) is 0 Å². The second-order valence-electron chi connectivity index (χ2n) is 3.81. The van der Waals surface area contributed by atoms with Gasteiger partial charge in [0.15, 0.2) is 0 Å². The molecule has 5 heteroatoms. The zero-order valence-corrected chi connectivity index (χ0v) is 9.71. The van der Waals surface area contributed by atoms with Crippen LogP contribution in [0.5, 0.6) is 0 Å². The van der Waals surface area contributed by atoms with Crippen LogP contribution in [-0.2, 0) is 0 Å². The molecule has 1 aromatic rings. The summed E-state index contributed by atoms with van der Waals surface area (Å²) in [6, 6.07) is 4.30. The van der Waals surface area contributed by atoms with Crippen molar-refractivity contribution in [3.05, 3.63) is 33.3 Å². The van der Waals surface area contributed by atoms with Crippen molar-refractivity contribution in [1.29, 1.82) is 0 Å². The van der Waals surface area contributed by atoms with Crippen LogP contribution in [0.2, 0.25) is 5.02 Å². The van der Waals surface area contributed by atoms with Crippen molar-refractivity contribution in [2.24, 2.45) is 0 Å². The molecule has 0 heterocycles. The van der Waals surface area contributed by atoms with Gasteiger partial charge in [0.25, 0.3) is 5.69 Å². The minimum atomic E-state index is -0.671. The average molecular weight is 239 g/mol. The lowest BCUT2D eigenvalue weighted by molar-refractivity contribution is -0.384. The average Bonchev–Trinajstić information content (AvgIpc) is 2.16. The van der Waals surface area contributed by atoms with Gasteiger partial charge < -0.3 is 5.32 Å². The van der Waals surface area contributed by atoms with Crippen molar-refractivity contribution in [2.45, 2.75) is 19.4 Å². The first-order valence-electron chi connectivity index (χ1n) is 4.55. The molecule has 0 aliphatic carbocycles. The lowest BCUT2D eigenvalue weighted by atomic mass is 10.1. The molecule has 0 amide bonds. The number of nitro benzene ring substituents is 1. The molecule has 1 N–H and O–H groups in total. The zero-order chi connectivity index (χ0) is 12.3. The number of hydrogen-bond acceptors (Lipinski definition) is 3. The fraction of sp³-hybridized carbons (Fsp3) is 0.273. The van der Waals surface area contributed by atoms with Gasteiger partial charge in [-0.05, 0) is 26.0 Å². The number of nitro groups is 1. The van der Waals surface area contributed by atoms with E-state index in [4.69, 9.17) is 18.0 Å². The third-order valence-electron chi connectivity index (χ3n) is 1.96. The normalized spacial score (nSPS) is 10.6. The maximum absolute atomic E-state index is 10.8. The maximum Gasteiger partial charge on any atom is 0.292 e. The van der Waals surface area contributed by atoms with Gasteiger partial charge in [-0.3, -0.25) is 10.1 Å². The molecule has 84 valence electrons. The number of nitrogens with one attached hydrogen (secondary N) is 1. The number of halogens is 1. The first kappa shape index (κ1) is 12.3. The molecule has 0 spiro atoms. The van der Waals surface area contributed by atoms with Crippen LogP contribution in [0.4, 0.5) is 11.4 Å². The summed E-state index contributed by atoms with van der Waals surface area (Å²) in [6.45, 7) is 3.50. The summed E-state index contributed by atoms with van der Waals surface area (Å²) in [5.41, 5.74) is -0.400. The van der Waals surface area contributed by atoms with Crippen molar-refractivity contribution in [3.63, 3.8) is 0 Å². The van der Waals surface area contributed by atoms with Crippen molar-refractivity contribution >= 4 is 23.0 Å². The molecule has 1 aromatic carbocycles. The van der Waals surface area contributed by atoms with Crippen LogP contribution in [0.3, 0.4) is 0 Å². The Kier molecular flexibility index (Phi) is 3.41. The number of terminal acetylenes is 1. The number of nitrogens with zero attached hydrogens (tertiary/aromatic N) is 1. The minimum absolute atomic E-state index is 0.0484. The van der Waals surface area contributed by atoms with Crippen LogP contribution in [-0.4, -0.2) is 10.5 Å². The largest absolute Gasteiger partial charge is 0.364 e. The quantitative estimate of drug-likeness (QED) is 0.500. The Hall–Kier alpha value is -1.73. The summed E-state index contributed by atoms with van der Waals surface area (Å²) in [4.78, 5) is 10.3. The van der Waals surface area contributed by atoms with Gasteiger partial charge in [-0.2, -0.15) is 0 Å². The highest BCUT2D eigenvalue weighted by Crippen LogP contribution is 2.29. The van der Waals surface area contributed by atoms with Gasteiger partial charge in [-0.25, -0.2) is 0 Å². The van der Waals surface area contributed by atoms with Gasteiger partial charge in [0.2, 0.25) is 0 Å². The Morgan fingerprint density at radius 1 is 1.56 bits per heavy atom. The Balaban J connectivity index is 3.17. The first-order valence-corrected chi connectivity index (χ1v) is 4.93. The number of rotatable bonds is 3. The summed E-state index contributed by atoms with van der Waals surface area (Å²) in [5, 5.41) is 14.1. The second-order valence-corrected chi connectivity index (χ2v) is 4.25. The topological polar surface area (TPSA) is 55.2 Å². The van der Waals surface area contributed by atoms with Crippen molar-refractivity contribution in [1.82, 2.24) is 0 Å². The first-order chi connectivity index (χ1) is 7.35. The molecule has 0 aliphatic heterocycles. The lowest BCUT2D eigenvalue weighted by Crippen LogP contribution is -2.28. The molecular weight excluding hydrogens is 228 g/mol. The molecule has 0 fully saturated rings. The molecule has 0 atom stereocenters. The fourth-order valence-electron chi connectivity index (χ4n) is 1.14. The molecule has 0 radical (unpaired) electrons. The summed E-state index contributed by atoms with van der Waals surface area (Å²) < 4.78 is 0. The molecular formula is C11H11ClN2O2. The SMILES string of the molecule is C#CC(C)(C)Nc1cc(Cl)ccc1[N+](=O)[O-]. The van der Waals surface area contributed by atoms with Gasteiger partial charge >= 0.3 is 0 Å². The zero-order valence-electron chi connectivity index (χ0n) is 8.95. The van der Waals surface area contributed by atoms with Gasteiger partial charge in [0.05, 0.1) is 10.5 Å². The second kappa shape index (κ2) is 4.42. The van der Waals surface area contributed by atoms with E-state index in [1.54, 1.807) is 13.8 Å². The van der Waals surface area contributed by atoms with E-state index < -0.39 is 10.5 Å². The summed E-state index contributed by atoms with van der Waals surface area (Å²) in [7, 11) is 0. The van der Waals surface area contributed by atoms with Crippen molar-refractivity contribution in [3.8, 4) is 12.3 Å². The van der Waals surface area contributed by atoms with E-state index in [1.165, 1.54) is 18.2 Å². The number of benzene rings is 1. The monoisotopic (exact) mass is 238 g/mol. The van der Waals surface area contributed by atoms with E-state index in [1.807, 2.05) is 0 Å². The van der Waals surface area contributed by atoms with Crippen molar-refractivity contribution < 1.29 is 4.92 Å². The van der Waals surface area contributed by atoms with E-state index in [2.05, 4.69) is 11.2 Å². The summed E-state index contributed by atoms with van der Waals surface area (Å²) in [6.07, 6.45) is 5.30.